The number of aliphatic hydroxyl groups is 3. The molecule has 4 N–H and O–H groups in total. The minimum Gasteiger partial charge on any atom is -0.394 e. The summed E-state index contributed by atoms with van der Waals surface area (Å²) in [7, 11) is -4.43. The highest BCUT2D eigenvalue weighted by Crippen LogP contribution is 2.47. The second kappa shape index (κ2) is 9.99. The van der Waals surface area contributed by atoms with Crippen LogP contribution in [0, 0.1) is 5.92 Å². The number of aliphatic hydroxyl groups excluding tert-OH is 3. The first-order valence-corrected chi connectivity index (χ1v) is 9.57. The predicted molar refractivity (Wildman–Crippen MR) is 87.1 cm³/mol. The van der Waals surface area contributed by atoms with Crippen molar-refractivity contribution in [3.05, 3.63) is 11.6 Å². The summed E-state index contributed by atoms with van der Waals surface area (Å²) < 4.78 is 26.5. The summed E-state index contributed by atoms with van der Waals surface area (Å²) in [6.07, 6.45) is -0.911. The third-order valence-electron chi connectivity index (χ3n) is 3.81. The number of ether oxygens (including phenoxy) is 1. The number of phosphoric acid groups is 1. The summed E-state index contributed by atoms with van der Waals surface area (Å²) in [6, 6.07) is 0. The number of rotatable bonds is 10. The van der Waals surface area contributed by atoms with Crippen molar-refractivity contribution >= 4 is 7.82 Å². The third-order valence-corrected chi connectivity index (χ3v) is 4.80. The summed E-state index contributed by atoms with van der Waals surface area (Å²) >= 11 is 0. The Kier molecular flexibility index (Phi) is 9.05. The van der Waals surface area contributed by atoms with Gasteiger partial charge in [-0.25, -0.2) is 4.57 Å². The molecule has 1 saturated heterocycles. The zero-order valence-electron chi connectivity index (χ0n) is 14.4. The van der Waals surface area contributed by atoms with Crippen molar-refractivity contribution < 1.29 is 38.6 Å². The SMILES string of the molecule is CC(C)=CCC[C@@H](C)CCOP(=O)(O)O[C@@H]1O[C@H](CO)[C@@H](O)[C@@H]1O. The van der Waals surface area contributed by atoms with Crippen LogP contribution in [0.25, 0.3) is 0 Å². The van der Waals surface area contributed by atoms with Gasteiger partial charge in [-0.15, -0.1) is 0 Å². The molecule has 1 aliphatic heterocycles. The molecule has 8 nitrogen and oxygen atoms in total. The molecule has 0 amide bonds. The maximum absolute atomic E-state index is 11.9. The molecule has 0 aliphatic carbocycles. The van der Waals surface area contributed by atoms with Gasteiger partial charge < -0.3 is 24.9 Å². The van der Waals surface area contributed by atoms with Crippen molar-refractivity contribution in [3.8, 4) is 0 Å². The molecule has 1 heterocycles. The van der Waals surface area contributed by atoms with E-state index < -0.39 is 39.0 Å². The maximum Gasteiger partial charge on any atom is 0.474 e. The van der Waals surface area contributed by atoms with Crippen LogP contribution >= 0.6 is 7.82 Å². The van der Waals surface area contributed by atoms with Crippen LogP contribution < -0.4 is 0 Å². The van der Waals surface area contributed by atoms with Crippen LogP contribution in [0.15, 0.2) is 11.6 Å². The molecule has 9 heteroatoms. The van der Waals surface area contributed by atoms with Crippen LogP contribution in [-0.4, -0.2) is 58.0 Å². The van der Waals surface area contributed by atoms with Crippen LogP contribution in [0.1, 0.15) is 40.0 Å². The highest BCUT2D eigenvalue weighted by molar-refractivity contribution is 7.47. The lowest BCUT2D eigenvalue weighted by molar-refractivity contribution is -0.128. The first kappa shape index (κ1) is 21.7. The number of allylic oxidation sites excluding steroid dienone is 2. The molecular weight excluding hydrogens is 339 g/mol. The van der Waals surface area contributed by atoms with Crippen molar-refractivity contribution in [1.82, 2.24) is 0 Å². The van der Waals surface area contributed by atoms with Crippen molar-refractivity contribution in [2.75, 3.05) is 13.2 Å². The van der Waals surface area contributed by atoms with Gasteiger partial charge in [-0.3, -0.25) is 9.05 Å². The van der Waals surface area contributed by atoms with Crippen LogP contribution in [0.5, 0.6) is 0 Å². The number of phosphoric ester groups is 1. The number of hydrogen-bond acceptors (Lipinski definition) is 7. The van der Waals surface area contributed by atoms with Crippen LogP contribution in [0.3, 0.4) is 0 Å². The third kappa shape index (κ3) is 7.29. The Morgan fingerprint density at radius 3 is 2.50 bits per heavy atom. The van der Waals surface area contributed by atoms with E-state index in [9.17, 15) is 19.7 Å². The molecule has 0 aromatic carbocycles. The lowest BCUT2D eigenvalue weighted by Crippen LogP contribution is -2.34. The molecule has 0 spiro atoms. The monoisotopic (exact) mass is 368 g/mol. The smallest absolute Gasteiger partial charge is 0.394 e. The average Bonchev–Trinajstić information content (AvgIpc) is 2.74. The Morgan fingerprint density at radius 2 is 1.96 bits per heavy atom. The van der Waals surface area contributed by atoms with Gasteiger partial charge in [0.2, 0.25) is 0 Å². The van der Waals surface area contributed by atoms with E-state index in [2.05, 4.69) is 6.08 Å². The molecule has 1 unspecified atom stereocenters. The highest BCUT2D eigenvalue weighted by Gasteiger charge is 2.46. The topological polar surface area (TPSA) is 126 Å². The number of hydrogen-bond donors (Lipinski definition) is 4. The predicted octanol–water partition coefficient (Wildman–Crippen LogP) is 1.33. The standard InChI is InChI=1S/C15H29O8P/c1-10(2)5-4-6-11(3)7-8-21-24(19,20)23-15-14(18)13(17)12(9-16)22-15/h5,11-18H,4,6-9H2,1-3H3,(H,19,20)/t11-,12-,13-,14+,15+/m1/s1. The first-order valence-electron chi connectivity index (χ1n) is 8.08. The summed E-state index contributed by atoms with van der Waals surface area (Å²) in [5.41, 5.74) is 1.25. The molecule has 142 valence electrons. The molecule has 0 aromatic heterocycles. The summed E-state index contributed by atoms with van der Waals surface area (Å²) in [5.74, 6) is 0.314. The summed E-state index contributed by atoms with van der Waals surface area (Å²) in [5, 5.41) is 28.2. The van der Waals surface area contributed by atoms with E-state index in [0.29, 0.717) is 12.3 Å². The molecule has 24 heavy (non-hydrogen) atoms. The Morgan fingerprint density at radius 1 is 1.29 bits per heavy atom. The van der Waals surface area contributed by atoms with Crippen molar-refractivity contribution in [1.29, 1.82) is 0 Å². The summed E-state index contributed by atoms with van der Waals surface area (Å²) in [4.78, 5) is 9.67. The molecule has 0 bridgehead atoms. The fourth-order valence-corrected chi connectivity index (χ4v) is 3.12. The van der Waals surface area contributed by atoms with Crippen LogP contribution in [0.2, 0.25) is 0 Å². The maximum atomic E-state index is 11.9. The summed E-state index contributed by atoms with van der Waals surface area (Å²) in [6.45, 7) is 5.57. The Bertz CT molecular complexity index is 451. The van der Waals surface area contributed by atoms with Gasteiger partial charge >= 0.3 is 7.82 Å². The van der Waals surface area contributed by atoms with E-state index in [4.69, 9.17) is 18.9 Å². The lowest BCUT2D eigenvalue weighted by Gasteiger charge is -2.19. The van der Waals surface area contributed by atoms with Gasteiger partial charge in [-0.1, -0.05) is 18.6 Å². The molecule has 1 fully saturated rings. The first-order chi connectivity index (χ1) is 11.2. The molecule has 6 atom stereocenters. The molecular formula is C15H29O8P. The van der Waals surface area contributed by atoms with E-state index in [1.165, 1.54) is 5.57 Å². The normalized spacial score (nSPS) is 30.8. The van der Waals surface area contributed by atoms with Gasteiger partial charge in [0, 0.05) is 0 Å². The lowest BCUT2D eigenvalue weighted by atomic mass is 10.0. The van der Waals surface area contributed by atoms with Crippen molar-refractivity contribution in [3.63, 3.8) is 0 Å². The quantitative estimate of drug-likeness (QED) is 0.336. The Balaban J connectivity index is 2.34. The molecule has 0 aromatic rings. The fraction of sp³-hybridized carbons (Fsp3) is 0.867. The molecule has 0 radical (unpaired) electrons. The van der Waals surface area contributed by atoms with Crippen LogP contribution in [-0.2, 0) is 18.3 Å². The zero-order valence-corrected chi connectivity index (χ0v) is 15.3. The minimum atomic E-state index is -4.43. The molecule has 1 rings (SSSR count). The Labute approximate surface area is 142 Å². The van der Waals surface area contributed by atoms with Gasteiger partial charge in [0.05, 0.1) is 13.2 Å². The highest BCUT2D eigenvalue weighted by atomic mass is 31.2. The van der Waals surface area contributed by atoms with E-state index in [-0.39, 0.29) is 6.61 Å². The minimum absolute atomic E-state index is 0.0264. The Hall–Kier alpha value is -0.310. The second-order valence-electron chi connectivity index (χ2n) is 6.37. The molecule has 1 aliphatic rings. The largest absolute Gasteiger partial charge is 0.474 e. The van der Waals surface area contributed by atoms with Crippen LogP contribution in [0.4, 0.5) is 0 Å². The second-order valence-corrected chi connectivity index (χ2v) is 7.77. The zero-order chi connectivity index (χ0) is 18.3. The van der Waals surface area contributed by atoms with E-state index >= 15 is 0 Å². The van der Waals surface area contributed by atoms with E-state index in [0.717, 1.165) is 12.8 Å². The van der Waals surface area contributed by atoms with Crippen molar-refractivity contribution in [2.24, 2.45) is 5.92 Å². The average molecular weight is 368 g/mol. The van der Waals surface area contributed by atoms with Crippen molar-refractivity contribution in [2.45, 2.75) is 64.6 Å². The molecule has 0 saturated carbocycles. The van der Waals surface area contributed by atoms with E-state index in [1.54, 1.807) is 0 Å². The van der Waals surface area contributed by atoms with Gasteiger partial charge in [0.15, 0.2) is 6.29 Å². The fourth-order valence-electron chi connectivity index (χ4n) is 2.28. The van der Waals surface area contributed by atoms with Gasteiger partial charge in [-0.2, -0.15) is 0 Å². The van der Waals surface area contributed by atoms with Gasteiger partial charge in [0.1, 0.15) is 18.3 Å². The van der Waals surface area contributed by atoms with Gasteiger partial charge in [-0.05, 0) is 39.0 Å². The van der Waals surface area contributed by atoms with Gasteiger partial charge in [0.25, 0.3) is 0 Å². The van der Waals surface area contributed by atoms with E-state index in [1.807, 2.05) is 20.8 Å².